The smallest absolute Gasteiger partial charge is 0.227 e. The zero-order valence-corrected chi connectivity index (χ0v) is 18.6. The molecule has 166 valence electrons. The van der Waals surface area contributed by atoms with Gasteiger partial charge in [0.05, 0.1) is 18.3 Å². The number of piperidine rings is 1. The molecule has 2 fully saturated rings. The summed E-state index contributed by atoms with van der Waals surface area (Å²) in [5.41, 5.74) is 3.09. The number of sulfonamides is 1. The van der Waals surface area contributed by atoms with Crippen molar-refractivity contribution < 1.29 is 13.2 Å². The van der Waals surface area contributed by atoms with E-state index in [-0.39, 0.29) is 5.88 Å². The monoisotopic (exact) mass is 443 g/mol. The molecule has 0 aromatic carbocycles. The van der Waals surface area contributed by atoms with Crippen molar-refractivity contribution in [2.24, 2.45) is 5.92 Å². The lowest BCUT2D eigenvalue weighted by Crippen LogP contribution is -2.42. The summed E-state index contributed by atoms with van der Waals surface area (Å²) in [5.74, 6) is 0.823. The minimum Gasteiger partial charge on any atom is -0.384 e. The largest absolute Gasteiger partial charge is 0.384 e. The van der Waals surface area contributed by atoms with E-state index in [1.807, 2.05) is 18.5 Å². The number of aromatic nitrogens is 3. The molecule has 0 bridgehead atoms. The van der Waals surface area contributed by atoms with Gasteiger partial charge in [-0.05, 0) is 61.9 Å². The predicted octanol–water partition coefficient (Wildman–Crippen LogP) is 2.55. The Hall–Kier alpha value is -2.07. The lowest BCUT2D eigenvalue weighted by atomic mass is 9.87. The van der Waals surface area contributed by atoms with Crippen LogP contribution in [-0.4, -0.2) is 78.3 Å². The molecule has 8 nitrogen and oxygen atoms in total. The fourth-order valence-corrected chi connectivity index (χ4v) is 6.84. The van der Waals surface area contributed by atoms with Crippen molar-refractivity contribution in [2.75, 3.05) is 45.8 Å². The highest BCUT2D eigenvalue weighted by Crippen LogP contribution is 2.35. The molecule has 1 atom stereocenters. The van der Waals surface area contributed by atoms with Crippen LogP contribution in [0.3, 0.4) is 0 Å². The van der Waals surface area contributed by atoms with Crippen LogP contribution in [0.5, 0.6) is 0 Å². The summed E-state index contributed by atoms with van der Waals surface area (Å²) in [6.07, 6.45) is 8.40. The number of nitrogens with zero attached hydrogens (tertiary/aromatic N) is 4. The summed E-state index contributed by atoms with van der Waals surface area (Å²) in [5, 5.41) is 2.27. The Kier molecular flexibility index (Phi) is 5.68. The number of hydrogen-bond acceptors (Lipinski definition) is 6. The lowest BCUT2D eigenvalue weighted by molar-refractivity contribution is 0.157. The van der Waals surface area contributed by atoms with E-state index in [1.54, 1.807) is 17.6 Å². The Bertz CT molecular complexity index is 1170. The Morgan fingerprint density at radius 2 is 2.00 bits per heavy atom. The summed E-state index contributed by atoms with van der Waals surface area (Å²) >= 11 is 0. The molecule has 5 rings (SSSR count). The maximum atomic E-state index is 12.9. The van der Waals surface area contributed by atoms with Crippen LogP contribution < -0.4 is 0 Å². The van der Waals surface area contributed by atoms with E-state index in [1.165, 1.54) is 10.9 Å². The molecule has 0 radical (unpaired) electrons. The third-order valence-corrected chi connectivity index (χ3v) is 8.55. The zero-order valence-electron chi connectivity index (χ0n) is 17.8. The maximum absolute atomic E-state index is 12.9. The number of fused-ring (bicyclic) bond motifs is 3. The van der Waals surface area contributed by atoms with Crippen LogP contribution in [0.2, 0.25) is 0 Å². The minimum absolute atomic E-state index is 0.115. The van der Waals surface area contributed by atoms with Gasteiger partial charge in [-0.1, -0.05) is 0 Å². The predicted molar refractivity (Wildman–Crippen MR) is 120 cm³/mol. The fourth-order valence-electron chi connectivity index (χ4n) is 5.13. The number of nitrogens with one attached hydrogen (secondary N) is 1. The van der Waals surface area contributed by atoms with Crippen molar-refractivity contribution >= 4 is 32.0 Å². The van der Waals surface area contributed by atoms with E-state index >= 15 is 0 Å². The van der Waals surface area contributed by atoms with Crippen molar-refractivity contribution in [1.82, 2.24) is 24.2 Å². The van der Waals surface area contributed by atoms with Crippen LogP contribution in [0, 0.1) is 5.92 Å². The summed E-state index contributed by atoms with van der Waals surface area (Å²) in [6.45, 7) is 3.38. The van der Waals surface area contributed by atoms with Crippen LogP contribution in [0.1, 0.15) is 30.7 Å². The molecule has 2 saturated heterocycles. The number of methoxy groups -OCH3 is 1. The van der Waals surface area contributed by atoms with Gasteiger partial charge in [0, 0.05) is 43.4 Å². The molecule has 0 saturated carbocycles. The summed E-state index contributed by atoms with van der Waals surface area (Å²) < 4.78 is 32.7. The number of aromatic amines is 1. The Balaban J connectivity index is 1.28. The van der Waals surface area contributed by atoms with Crippen molar-refractivity contribution in [3.8, 4) is 0 Å². The lowest BCUT2D eigenvalue weighted by Gasteiger charge is -2.33. The van der Waals surface area contributed by atoms with E-state index < -0.39 is 10.0 Å². The highest BCUT2D eigenvalue weighted by atomic mass is 32.2. The van der Waals surface area contributed by atoms with Gasteiger partial charge in [0.15, 0.2) is 5.65 Å². The molecule has 1 N–H and O–H groups in total. The second-order valence-electron chi connectivity index (χ2n) is 8.76. The first-order valence-corrected chi connectivity index (χ1v) is 12.6. The van der Waals surface area contributed by atoms with E-state index in [0.717, 1.165) is 48.9 Å². The van der Waals surface area contributed by atoms with Crippen molar-refractivity contribution in [3.63, 3.8) is 0 Å². The van der Waals surface area contributed by atoms with Crippen LogP contribution in [0.4, 0.5) is 0 Å². The quantitative estimate of drug-likeness (QED) is 0.630. The first kappa shape index (κ1) is 20.8. The molecule has 9 heteroatoms. The van der Waals surface area contributed by atoms with Gasteiger partial charge in [0.2, 0.25) is 10.0 Å². The van der Waals surface area contributed by atoms with Gasteiger partial charge in [-0.15, -0.1) is 0 Å². The number of pyridine rings is 2. The molecule has 1 unspecified atom stereocenters. The van der Waals surface area contributed by atoms with Gasteiger partial charge in [-0.25, -0.2) is 22.7 Å². The van der Waals surface area contributed by atoms with Crippen LogP contribution >= 0.6 is 0 Å². The van der Waals surface area contributed by atoms with E-state index in [9.17, 15) is 8.42 Å². The third-order valence-electron chi connectivity index (χ3n) is 6.74. The van der Waals surface area contributed by atoms with Crippen molar-refractivity contribution in [3.05, 3.63) is 36.3 Å². The molecule has 0 aliphatic carbocycles. The highest BCUT2D eigenvalue weighted by molar-refractivity contribution is 7.89. The van der Waals surface area contributed by atoms with Gasteiger partial charge < -0.3 is 9.72 Å². The maximum Gasteiger partial charge on any atom is 0.227 e. The van der Waals surface area contributed by atoms with E-state index in [4.69, 9.17) is 4.74 Å². The first-order valence-electron chi connectivity index (χ1n) is 10.9. The summed E-state index contributed by atoms with van der Waals surface area (Å²) in [4.78, 5) is 14.2. The molecule has 5 heterocycles. The zero-order chi connectivity index (χ0) is 21.4. The fraction of sp³-hybridized carbons (Fsp3) is 0.545. The topological polar surface area (TPSA) is 91.4 Å². The van der Waals surface area contributed by atoms with Gasteiger partial charge in [-0.3, -0.25) is 4.90 Å². The Morgan fingerprint density at radius 1 is 1.16 bits per heavy atom. The number of H-pyrrole nitrogens is 1. The number of hydrogen-bond donors (Lipinski definition) is 1. The molecule has 2 aliphatic heterocycles. The molecule has 0 spiro atoms. The normalized spacial score (nSPS) is 22.0. The minimum atomic E-state index is -3.27. The molecule has 31 heavy (non-hydrogen) atoms. The summed E-state index contributed by atoms with van der Waals surface area (Å²) in [6, 6.07) is 4.18. The van der Waals surface area contributed by atoms with Gasteiger partial charge in [0.1, 0.15) is 5.88 Å². The molecule has 2 aliphatic rings. The Labute approximate surface area is 182 Å². The number of rotatable bonds is 6. The molecular weight excluding hydrogens is 414 g/mol. The standard InChI is InChI=1S/C22H29N5O3S/c1-30-14-16-4-11-27(13-16)31(28,29)15-26-9-5-17(6-10-26)18-2-7-23-20-12-25-22-19(21(18)20)3-8-24-22/h2-3,7-8,12,16-17,23H,4-6,9-11,13-15H2,1H3. The number of likely N-dealkylation sites (tertiary alicyclic amines) is 1. The molecule has 3 aromatic rings. The van der Waals surface area contributed by atoms with Crippen molar-refractivity contribution in [2.45, 2.75) is 25.2 Å². The van der Waals surface area contributed by atoms with E-state index in [2.05, 4.69) is 25.9 Å². The molecule has 3 aromatic heterocycles. The van der Waals surface area contributed by atoms with Gasteiger partial charge >= 0.3 is 0 Å². The SMILES string of the molecule is COCC1CCN(S(=O)(=O)CN2CCC(c3cc[nH]c4cnc5nccc5c34)CC2)C1. The average molecular weight is 444 g/mol. The van der Waals surface area contributed by atoms with Crippen LogP contribution in [0.15, 0.2) is 30.7 Å². The van der Waals surface area contributed by atoms with E-state index in [0.29, 0.717) is 31.5 Å². The second kappa shape index (κ2) is 8.46. The number of ether oxygens (including phenoxy) is 1. The van der Waals surface area contributed by atoms with Crippen LogP contribution in [0.25, 0.3) is 21.9 Å². The van der Waals surface area contributed by atoms with Crippen molar-refractivity contribution in [1.29, 1.82) is 0 Å². The third kappa shape index (κ3) is 4.07. The van der Waals surface area contributed by atoms with Gasteiger partial charge in [-0.2, -0.15) is 0 Å². The first-order chi connectivity index (χ1) is 15.0. The average Bonchev–Trinajstić information content (AvgIpc) is 3.44. The van der Waals surface area contributed by atoms with Gasteiger partial charge in [0.25, 0.3) is 0 Å². The highest BCUT2D eigenvalue weighted by Gasteiger charge is 2.33. The molecule has 0 amide bonds. The molecular formula is C22H29N5O3S. The summed E-state index contributed by atoms with van der Waals surface area (Å²) in [7, 11) is -1.60. The Morgan fingerprint density at radius 3 is 2.81 bits per heavy atom. The van der Waals surface area contributed by atoms with Crippen LogP contribution in [-0.2, 0) is 14.8 Å². The second-order valence-corrected chi connectivity index (χ2v) is 10.7.